The molecule has 0 saturated carbocycles. The summed E-state index contributed by atoms with van der Waals surface area (Å²) in [6, 6.07) is 5.93. The number of rotatable bonds is 3. The number of H-pyrrole nitrogens is 1. The van der Waals surface area contributed by atoms with Crippen LogP contribution in [0, 0.1) is 0 Å². The number of nitrogens with zero attached hydrogens (tertiary/aromatic N) is 6. The molecule has 3 aromatic rings. The molecule has 0 atom stereocenters. The van der Waals surface area contributed by atoms with Crippen LogP contribution in [0.4, 0.5) is 11.9 Å². The lowest BCUT2D eigenvalue weighted by Crippen LogP contribution is -2.38. The zero-order chi connectivity index (χ0) is 19.6. The first-order valence-electron chi connectivity index (χ1n) is 9.81. The SMILES string of the molecule is O=C1CCN(c2nc(-c3cccc4[nH]ncc34)nc(N3CCOCC3)n2)CCN1. The van der Waals surface area contributed by atoms with Gasteiger partial charge in [-0.3, -0.25) is 9.89 Å². The van der Waals surface area contributed by atoms with E-state index in [1.54, 1.807) is 6.20 Å². The fourth-order valence-corrected chi connectivity index (χ4v) is 3.65. The Kier molecular flexibility index (Phi) is 4.68. The van der Waals surface area contributed by atoms with E-state index in [-0.39, 0.29) is 5.91 Å². The molecule has 2 fully saturated rings. The van der Waals surface area contributed by atoms with E-state index in [1.807, 2.05) is 23.1 Å². The monoisotopic (exact) mass is 394 g/mol. The Morgan fingerprint density at radius 3 is 2.59 bits per heavy atom. The Balaban J connectivity index is 1.60. The van der Waals surface area contributed by atoms with Crippen LogP contribution in [0.3, 0.4) is 0 Å². The van der Waals surface area contributed by atoms with Gasteiger partial charge in [-0.2, -0.15) is 20.1 Å². The second kappa shape index (κ2) is 7.63. The summed E-state index contributed by atoms with van der Waals surface area (Å²) in [6.45, 7) is 4.58. The summed E-state index contributed by atoms with van der Waals surface area (Å²) in [5.41, 5.74) is 1.83. The maximum Gasteiger partial charge on any atom is 0.230 e. The summed E-state index contributed by atoms with van der Waals surface area (Å²) in [5, 5.41) is 11.0. The largest absolute Gasteiger partial charge is 0.378 e. The van der Waals surface area contributed by atoms with Gasteiger partial charge in [0.2, 0.25) is 17.8 Å². The number of anilines is 2. The molecule has 150 valence electrons. The van der Waals surface area contributed by atoms with E-state index in [0.29, 0.717) is 57.0 Å². The zero-order valence-corrected chi connectivity index (χ0v) is 16.0. The molecular weight excluding hydrogens is 372 g/mol. The van der Waals surface area contributed by atoms with Gasteiger partial charge in [-0.05, 0) is 6.07 Å². The third kappa shape index (κ3) is 3.58. The van der Waals surface area contributed by atoms with Crippen LogP contribution >= 0.6 is 0 Å². The highest BCUT2D eigenvalue weighted by Crippen LogP contribution is 2.28. The van der Waals surface area contributed by atoms with E-state index in [1.165, 1.54) is 0 Å². The number of carbonyl (C=O) groups is 1. The summed E-state index contributed by atoms with van der Waals surface area (Å²) in [4.78, 5) is 30.2. The van der Waals surface area contributed by atoms with Gasteiger partial charge in [0, 0.05) is 50.1 Å². The summed E-state index contributed by atoms with van der Waals surface area (Å²) in [5.74, 6) is 1.89. The maximum absolute atomic E-state index is 11.8. The van der Waals surface area contributed by atoms with Crippen molar-refractivity contribution < 1.29 is 9.53 Å². The van der Waals surface area contributed by atoms with E-state index < -0.39 is 0 Å². The predicted octanol–water partition coefficient (Wildman–Crippen LogP) is 0.578. The molecular formula is C19H22N8O2. The number of hydrogen-bond donors (Lipinski definition) is 2. The Morgan fingerprint density at radius 2 is 1.76 bits per heavy atom. The molecule has 0 spiro atoms. The van der Waals surface area contributed by atoms with Gasteiger partial charge in [0.25, 0.3) is 0 Å². The van der Waals surface area contributed by atoms with E-state index in [4.69, 9.17) is 19.7 Å². The average Bonchev–Trinajstić information content (AvgIpc) is 3.15. The average molecular weight is 394 g/mol. The van der Waals surface area contributed by atoms with E-state index in [0.717, 1.165) is 29.6 Å². The first-order valence-corrected chi connectivity index (χ1v) is 9.81. The number of ether oxygens (including phenoxy) is 1. The number of amides is 1. The fourth-order valence-electron chi connectivity index (χ4n) is 3.65. The number of aromatic nitrogens is 5. The summed E-state index contributed by atoms with van der Waals surface area (Å²) >= 11 is 0. The van der Waals surface area contributed by atoms with Crippen LogP contribution in [0.5, 0.6) is 0 Å². The number of benzene rings is 1. The number of morpholine rings is 1. The number of fused-ring (bicyclic) bond motifs is 1. The predicted molar refractivity (Wildman–Crippen MR) is 108 cm³/mol. The Bertz CT molecular complexity index is 1030. The van der Waals surface area contributed by atoms with Crippen LogP contribution < -0.4 is 15.1 Å². The summed E-state index contributed by atoms with van der Waals surface area (Å²) in [6.07, 6.45) is 2.21. The number of aromatic amines is 1. The van der Waals surface area contributed by atoms with Gasteiger partial charge in [0.15, 0.2) is 5.82 Å². The lowest BCUT2D eigenvalue weighted by Gasteiger charge is -2.28. The van der Waals surface area contributed by atoms with Crippen molar-refractivity contribution in [2.24, 2.45) is 0 Å². The van der Waals surface area contributed by atoms with Gasteiger partial charge in [0.05, 0.1) is 24.9 Å². The molecule has 5 rings (SSSR count). The highest BCUT2D eigenvalue weighted by molar-refractivity contribution is 5.92. The Morgan fingerprint density at radius 1 is 0.966 bits per heavy atom. The van der Waals surface area contributed by atoms with Crippen LogP contribution in [-0.4, -0.2) is 77.0 Å². The second-order valence-corrected chi connectivity index (χ2v) is 7.08. The molecule has 2 aromatic heterocycles. The van der Waals surface area contributed by atoms with E-state index in [2.05, 4.69) is 20.4 Å². The molecule has 4 heterocycles. The molecule has 10 nitrogen and oxygen atoms in total. The minimum atomic E-state index is 0.0540. The van der Waals surface area contributed by atoms with Crippen molar-refractivity contribution in [3.63, 3.8) is 0 Å². The third-order valence-electron chi connectivity index (χ3n) is 5.23. The van der Waals surface area contributed by atoms with Crippen molar-refractivity contribution in [3.05, 3.63) is 24.4 Å². The lowest BCUT2D eigenvalue weighted by molar-refractivity contribution is -0.120. The molecule has 10 heteroatoms. The molecule has 2 N–H and O–H groups in total. The second-order valence-electron chi connectivity index (χ2n) is 7.08. The minimum absolute atomic E-state index is 0.0540. The molecule has 2 aliphatic heterocycles. The van der Waals surface area contributed by atoms with Crippen LogP contribution in [0.15, 0.2) is 24.4 Å². The van der Waals surface area contributed by atoms with Crippen LogP contribution in [0.2, 0.25) is 0 Å². The number of nitrogens with one attached hydrogen (secondary N) is 2. The van der Waals surface area contributed by atoms with Gasteiger partial charge < -0.3 is 19.9 Å². The highest BCUT2D eigenvalue weighted by atomic mass is 16.5. The molecule has 0 bridgehead atoms. The van der Waals surface area contributed by atoms with Crippen molar-refractivity contribution in [3.8, 4) is 11.4 Å². The van der Waals surface area contributed by atoms with Crippen molar-refractivity contribution >= 4 is 28.7 Å². The number of hydrogen-bond acceptors (Lipinski definition) is 8. The van der Waals surface area contributed by atoms with Gasteiger partial charge in [-0.15, -0.1) is 0 Å². The van der Waals surface area contributed by atoms with E-state index >= 15 is 0 Å². The standard InChI is InChI=1S/C19H22N8O2/c28-16-4-6-26(7-5-20-16)18-22-17(13-2-1-3-15-14(13)12-21-25-15)23-19(24-18)27-8-10-29-11-9-27/h1-3,12H,4-11H2,(H,20,28)(H,21,25). The molecule has 0 unspecified atom stereocenters. The first-order chi connectivity index (χ1) is 14.3. The van der Waals surface area contributed by atoms with Crippen molar-refractivity contribution in [1.29, 1.82) is 0 Å². The van der Waals surface area contributed by atoms with Gasteiger partial charge in [0.1, 0.15) is 0 Å². The number of carbonyl (C=O) groups excluding carboxylic acids is 1. The molecule has 1 amide bonds. The third-order valence-corrected chi connectivity index (χ3v) is 5.23. The Hall–Kier alpha value is -3.27. The van der Waals surface area contributed by atoms with E-state index in [9.17, 15) is 4.79 Å². The molecule has 2 saturated heterocycles. The Labute approximate surface area is 167 Å². The zero-order valence-electron chi connectivity index (χ0n) is 16.0. The smallest absolute Gasteiger partial charge is 0.230 e. The molecule has 29 heavy (non-hydrogen) atoms. The minimum Gasteiger partial charge on any atom is -0.378 e. The first kappa shape index (κ1) is 17.8. The molecule has 0 aliphatic carbocycles. The van der Waals surface area contributed by atoms with Crippen molar-refractivity contribution in [2.75, 3.05) is 55.7 Å². The van der Waals surface area contributed by atoms with Crippen molar-refractivity contribution in [1.82, 2.24) is 30.5 Å². The van der Waals surface area contributed by atoms with Crippen LogP contribution in [-0.2, 0) is 9.53 Å². The van der Waals surface area contributed by atoms with Gasteiger partial charge in [-0.1, -0.05) is 12.1 Å². The topological polar surface area (TPSA) is 112 Å². The summed E-state index contributed by atoms with van der Waals surface area (Å²) in [7, 11) is 0. The quantitative estimate of drug-likeness (QED) is 0.663. The lowest BCUT2D eigenvalue weighted by atomic mass is 10.1. The molecule has 2 aliphatic rings. The van der Waals surface area contributed by atoms with Gasteiger partial charge >= 0.3 is 0 Å². The molecule has 1 aromatic carbocycles. The fraction of sp³-hybridized carbons (Fsp3) is 0.421. The summed E-state index contributed by atoms with van der Waals surface area (Å²) < 4.78 is 5.48. The van der Waals surface area contributed by atoms with Crippen LogP contribution in [0.25, 0.3) is 22.3 Å². The normalized spacial score (nSPS) is 18.0. The van der Waals surface area contributed by atoms with Crippen LogP contribution in [0.1, 0.15) is 6.42 Å². The molecule has 0 radical (unpaired) electrons. The van der Waals surface area contributed by atoms with Crippen molar-refractivity contribution in [2.45, 2.75) is 6.42 Å². The maximum atomic E-state index is 11.8. The highest BCUT2D eigenvalue weighted by Gasteiger charge is 2.22. The van der Waals surface area contributed by atoms with Gasteiger partial charge in [-0.25, -0.2) is 0 Å².